The Hall–Kier alpha value is -3.38. The van der Waals surface area contributed by atoms with Crippen LogP contribution in [0.25, 0.3) is 16.6 Å². The highest BCUT2D eigenvalue weighted by Crippen LogP contribution is 2.33. The molecule has 0 fully saturated rings. The van der Waals surface area contributed by atoms with Gasteiger partial charge in [0, 0.05) is 11.7 Å². The summed E-state index contributed by atoms with van der Waals surface area (Å²) in [4.78, 5) is 33.7. The summed E-state index contributed by atoms with van der Waals surface area (Å²) >= 11 is 1.32. The molecule has 2 heterocycles. The molecule has 4 aromatic rings. The van der Waals surface area contributed by atoms with Gasteiger partial charge in [-0.15, -0.1) is 0 Å². The smallest absolute Gasteiger partial charge is 0.266 e. The van der Waals surface area contributed by atoms with E-state index in [1.54, 1.807) is 4.57 Å². The van der Waals surface area contributed by atoms with E-state index in [-0.39, 0.29) is 29.2 Å². The Morgan fingerprint density at radius 3 is 2.47 bits per heavy atom. The monoisotopic (exact) mass is 469 g/mol. The van der Waals surface area contributed by atoms with Crippen LogP contribution in [-0.4, -0.2) is 27.3 Å². The average Bonchev–Trinajstić information content (AvgIpc) is 3.18. The maximum atomic E-state index is 13.7. The van der Waals surface area contributed by atoms with Crippen LogP contribution in [0, 0.1) is 0 Å². The summed E-state index contributed by atoms with van der Waals surface area (Å²) in [5.41, 5.74) is 4.58. The number of hydrogen-bond donors (Lipinski definition) is 0. The molecule has 0 N–H and O–H groups in total. The van der Waals surface area contributed by atoms with Gasteiger partial charge in [-0.3, -0.25) is 14.2 Å². The second-order valence-corrected chi connectivity index (χ2v) is 9.94. The van der Waals surface area contributed by atoms with Gasteiger partial charge in [-0.05, 0) is 54.7 Å². The molecule has 1 unspecified atom stereocenters. The lowest BCUT2D eigenvalue weighted by Crippen LogP contribution is -2.37. The number of aromatic nitrogens is 2. The van der Waals surface area contributed by atoms with E-state index in [4.69, 9.17) is 4.98 Å². The number of benzene rings is 3. The first-order chi connectivity index (χ1) is 16.5. The van der Waals surface area contributed by atoms with Crippen LogP contribution in [0.4, 0.5) is 5.69 Å². The summed E-state index contributed by atoms with van der Waals surface area (Å²) in [5.74, 6) is 0.456. The van der Waals surface area contributed by atoms with Crippen LogP contribution in [0.1, 0.15) is 37.8 Å². The van der Waals surface area contributed by atoms with Gasteiger partial charge in [0.2, 0.25) is 5.91 Å². The summed E-state index contributed by atoms with van der Waals surface area (Å²) < 4.78 is 1.68. The van der Waals surface area contributed by atoms with E-state index in [0.717, 1.165) is 23.4 Å². The van der Waals surface area contributed by atoms with Crippen molar-refractivity contribution in [3.05, 3.63) is 94.3 Å². The Bertz CT molecular complexity index is 1440. The number of para-hydroxylation sites is 3. The zero-order valence-corrected chi connectivity index (χ0v) is 20.4. The lowest BCUT2D eigenvalue weighted by Gasteiger charge is -2.23. The lowest BCUT2D eigenvalue weighted by molar-refractivity contribution is -0.116. The number of thioether (sulfide) groups is 1. The third-order valence-electron chi connectivity index (χ3n) is 6.35. The minimum Gasteiger partial charge on any atom is -0.308 e. The molecule has 5 nitrogen and oxygen atoms in total. The van der Waals surface area contributed by atoms with Crippen molar-refractivity contribution >= 4 is 34.3 Å². The molecular weight excluding hydrogens is 442 g/mol. The molecule has 6 heteroatoms. The van der Waals surface area contributed by atoms with Crippen LogP contribution in [0.15, 0.2) is 82.7 Å². The highest BCUT2D eigenvalue weighted by Gasteiger charge is 2.30. The zero-order chi connectivity index (χ0) is 23.8. The maximum Gasteiger partial charge on any atom is 0.266 e. The van der Waals surface area contributed by atoms with Crippen LogP contribution < -0.4 is 10.5 Å². The summed E-state index contributed by atoms with van der Waals surface area (Å²) in [6, 6.07) is 23.5. The van der Waals surface area contributed by atoms with E-state index in [2.05, 4.69) is 26.8 Å². The van der Waals surface area contributed by atoms with Crippen molar-refractivity contribution in [2.45, 2.75) is 44.3 Å². The quantitative estimate of drug-likeness (QED) is 0.283. The number of anilines is 1. The number of nitrogens with zero attached hydrogens (tertiary/aromatic N) is 3. The highest BCUT2D eigenvalue weighted by atomic mass is 32.2. The molecule has 172 valence electrons. The van der Waals surface area contributed by atoms with Crippen molar-refractivity contribution in [2.75, 3.05) is 10.7 Å². The molecule has 1 amide bonds. The molecule has 1 atom stereocenters. The van der Waals surface area contributed by atoms with Crippen LogP contribution in [0.3, 0.4) is 0 Å². The van der Waals surface area contributed by atoms with E-state index in [1.807, 2.05) is 71.6 Å². The first kappa shape index (κ1) is 22.4. The Kier molecular flexibility index (Phi) is 6.00. The minimum absolute atomic E-state index is 0.0218. The van der Waals surface area contributed by atoms with Gasteiger partial charge in [0.05, 0.1) is 22.3 Å². The van der Waals surface area contributed by atoms with Crippen LogP contribution in [0.2, 0.25) is 0 Å². The Labute approximate surface area is 203 Å². The molecule has 0 radical (unpaired) electrons. The number of carbonyl (C=O) groups excluding carboxylic acids is 1. The maximum absolute atomic E-state index is 13.7. The van der Waals surface area contributed by atoms with Crippen molar-refractivity contribution < 1.29 is 4.79 Å². The molecular formula is C28H27N3O2S. The van der Waals surface area contributed by atoms with Crippen LogP contribution in [-0.2, 0) is 11.2 Å². The number of carbonyl (C=O) groups is 1. The second-order valence-electron chi connectivity index (χ2n) is 9.00. The van der Waals surface area contributed by atoms with Crippen molar-refractivity contribution in [3.63, 3.8) is 0 Å². The summed E-state index contributed by atoms with van der Waals surface area (Å²) in [6.45, 7) is 6.30. The van der Waals surface area contributed by atoms with Crippen molar-refractivity contribution in [1.29, 1.82) is 0 Å². The first-order valence-corrected chi connectivity index (χ1v) is 12.6. The minimum atomic E-state index is -0.117. The van der Waals surface area contributed by atoms with Gasteiger partial charge >= 0.3 is 0 Å². The van der Waals surface area contributed by atoms with Gasteiger partial charge in [0.1, 0.15) is 0 Å². The molecule has 0 saturated carbocycles. The van der Waals surface area contributed by atoms with Gasteiger partial charge in [0.15, 0.2) is 5.16 Å². The third kappa shape index (κ3) is 3.92. The molecule has 0 aliphatic carbocycles. The SMILES string of the molecule is CC(C)c1ccccc1-n1c(SCC(=O)N2c3ccccc3CC2C)nc2ccccc2c1=O. The summed E-state index contributed by atoms with van der Waals surface area (Å²) in [7, 11) is 0. The summed E-state index contributed by atoms with van der Waals surface area (Å²) in [5, 5.41) is 1.10. The third-order valence-corrected chi connectivity index (χ3v) is 7.27. The fourth-order valence-electron chi connectivity index (χ4n) is 4.74. The van der Waals surface area contributed by atoms with Gasteiger partial charge in [0.25, 0.3) is 5.56 Å². The Balaban J connectivity index is 1.56. The highest BCUT2D eigenvalue weighted by molar-refractivity contribution is 7.99. The number of rotatable bonds is 5. The lowest BCUT2D eigenvalue weighted by atomic mass is 10.0. The van der Waals surface area contributed by atoms with Gasteiger partial charge in [-0.1, -0.05) is 74.1 Å². The number of amides is 1. The predicted molar refractivity (Wildman–Crippen MR) is 139 cm³/mol. The van der Waals surface area contributed by atoms with E-state index >= 15 is 0 Å². The molecule has 1 aliphatic heterocycles. The molecule has 1 aromatic heterocycles. The fraction of sp³-hybridized carbons (Fsp3) is 0.250. The predicted octanol–water partition coefficient (Wildman–Crippen LogP) is 5.58. The Morgan fingerprint density at radius 1 is 1.00 bits per heavy atom. The van der Waals surface area contributed by atoms with E-state index in [1.165, 1.54) is 17.3 Å². The molecule has 0 spiro atoms. The van der Waals surface area contributed by atoms with Crippen molar-refractivity contribution in [1.82, 2.24) is 9.55 Å². The first-order valence-electron chi connectivity index (χ1n) is 11.6. The van der Waals surface area contributed by atoms with Gasteiger partial charge < -0.3 is 4.90 Å². The molecule has 0 saturated heterocycles. The van der Waals surface area contributed by atoms with Crippen molar-refractivity contribution in [3.8, 4) is 5.69 Å². The summed E-state index contributed by atoms with van der Waals surface area (Å²) in [6.07, 6.45) is 0.854. The van der Waals surface area contributed by atoms with E-state index in [9.17, 15) is 9.59 Å². The average molecular weight is 470 g/mol. The van der Waals surface area contributed by atoms with E-state index < -0.39 is 0 Å². The standard InChI is InChI=1S/C28H27N3O2S/c1-18(2)21-11-6-9-15-25(21)31-27(33)22-12-5-7-13-23(22)29-28(31)34-17-26(32)30-19(3)16-20-10-4-8-14-24(20)30/h4-15,18-19H,16-17H2,1-3H3. The number of hydrogen-bond acceptors (Lipinski definition) is 4. The Morgan fingerprint density at radius 2 is 1.68 bits per heavy atom. The molecule has 0 bridgehead atoms. The molecule has 5 rings (SSSR count). The normalized spacial score (nSPS) is 15.2. The molecule has 3 aromatic carbocycles. The molecule has 1 aliphatic rings. The molecule has 34 heavy (non-hydrogen) atoms. The second kappa shape index (κ2) is 9.11. The topological polar surface area (TPSA) is 55.2 Å². The fourth-order valence-corrected chi connectivity index (χ4v) is 5.61. The zero-order valence-electron chi connectivity index (χ0n) is 19.6. The van der Waals surface area contributed by atoms with Gasteiger partial charge in [-0.2, -0.15) is 0 Å². The van der Waals surface area contributed by atoms with E-state index in [0.29, 0.717) is 16.1 Å². The number of fused-ring (bicyclic) bond motifs is 2. The van der Waals surface area contributed by atoms with Gasteiger partial charge in [-0.25, -0.2) is 4.98 Å². The van der Waals surface area contributed by atoms with Crippen LogP contribution >= 0.6 is 11.8 Å². The van der Waals surface area contributed by atoms with Crippen LogP contribution in [0.5, 0.6) is 0 Å². The van der Waals surface area contributed by atoms with Crippen molar-refractivity contribution in [2.24, 2.45) is 0 Å². The largest absolute Gasteiger partial charge is 0.308 e.